The number of carbonyl (C=O) groups excluding carboxylic acids is 2. The number of hydrogen-bond acceptors (Lipinski definition) is 3. The van der Waals surface area contributed by atoms with Gasteiger partial charge in [0.25, 0.3) is 0 Å². The molecule has 2 rings (SSSR count). The van der Waals surface area contributed by atoms with Crippen LogP contribution in [-0.4, -0.2) is 11.7 Å². The van der Waals surface area contributed by atoms with Crippen molar-refractivity contribution in [3.8, 4) is 5.75 Å². The molecule has 21 heavy (non-hydrogen) atoms. The van der Waals surface area contributed by atoms with Gasteiger partial charge in [-0.15, -0.1) is 0 Å². The molecule has 0 saturated carbocycles. The summed E-state index contributed by atoms with van der Waals surface area (Å²) in [7, 11) is 0. The fourth-order valence-electron chi connectivity index (χ4n) is 1.84. The topological polar surface area (TPSA) is 55.4 Å². The van der Waals surface area contributed by atoms with Crippen molar-refractivity contribution in [2.45, 2.75) is 20.5 Å². The van der Waals surface area contributed by atoms with Gasteiger partial charge in [-0.1, -0.05) is 24.3 Å². The quantitative estimate of drug-likeness (QED) is 0.855. The highest BCUT2D eigenvalue weighted by atomic mass is 16.5. The maximum atomic E-state index is 11.2. The fraction of sp³-hybridized carbons (Fsp3) is 0.176. The van der Waals surface area contributed by atoms with Crippen LogP contribution in [0.1, 0.15) is 29.8 Å². The Morgan fingerprint density at radius 1 is 0.952 bits per heavy atom. The molecule has 0 radical (unpaired) electrons. The summed E-state index contributed by atoms with van der Waals surface area (Å²) in [6, 6.07) is 14.5. The van der Waals surface area contributed by atoms with Crippen LogP contribution < -0.4 is 10.1 Å². The van der Waals surface area contributed by atoms with Crippen molar-refractivity contribution in [3.63, 3.8) is 0 Å². The van der Waals surface area contributed by atoms with Gasteiger partial charge in [0.2, 0.25) is 5.91 Å². The highest BCUT2D eigenvalue weighted by molar-refractivity contribution is 5.94. The Hall–Kier alpha value is -2.62. The second kappa shape index (κ2) is 6.70. The van der Waals surface area contributed by atoms with E-state index in [9.17, 15) is 9.59 Å². The van der Waals surface area contributed by atoms with Gasteiger partial charge in [-0.05, 0) is 36.8 Å². The third-order valence-corrected chi connectivity index (χ3v) is 2.94. The number of hydrogen-bond donors (Lipinski definition) is 1. The van der Waals surface area contributed by atoms with Crippen molar-refractivity contribution in [1.82, 2.24) is 0 Å². The molecule has 0 aliphatic carbocycles. The van der Waals surface area contributed by atoms with E-state index in [0.717, 1.165) is 17.0 Å². The van der Waals surface area contributed by atoms with E-state index >= 15 is 0 Å². The number of carbonyl (C=O) groups is 2. The minimum atomic E-state index is -0.103. The zero-order valence-corrected chi connectivity index (χ0v) is 12.1. The van der Waals surface area contributed by atoms with Gasteiger partial charge in [0, 0.05) is 18.2 Å². The zero-order chi connectivity index (χ0) is 15.2. The molecule has 1 N–H and O–H groups in total. The number of Topliss-reactive ketones (excluding diaryl/α,β-unsaturated/α-hetero) is 1. The average molecular weight is 283 g/mol. The van der Waals surface area contributed by atoms with Gasteiger partial charge in [0.1, 0.15) is 12.4 Å². The van der Waals surface area contributed by atoms with Crippen molar-refractivity contribution in [1.29, 1.82) is 0 Å². The summed E-state index contributed by atoms with van der Waals surface area (Å²) in [6.07, 6.45) is 0. The number of nitrogens with one attached hydrogen (secondary N) is 1. The van der Waals surface area contributed by atoms with E-state index in [4.69, 9.17) is 4.74 Å². The fourth-order valence-corrected chi connectivity index (χ4v) is 1.84. The number of amides is 1. The average Bonchev–Trinajstić information content (AvgIpc) is 2.46. The molecule has 0 heterocycles. The maximum absolute atomic E-state index is 11.2. The van der Waals surface area contributed by atoms with E-state index in [0.29, 0.717) is 12.2 Å². The lowest BCUT2D eigenvalue weighted by atomic mass is 10.1. The predicted octanol–water partition coefficient (Wildman–Crippen LogP) is 3.43. The van der Waals surface area contributed by atoms with Crippen molar-refractivity contribution >= 4 is 17.4 Å². The van der Waals surface area contributed by atoms with Crippen LogP contribution >= 0.6 is 0 Å². The summed E-state index contributed by atoms with van der Waals surface area (Å²) in [5.74, 6) is 0.671. The number of rotatable bonds is 5. The smallest absolute Gasteiger partial charge is 0.221 e. The second-order valence-electron chi connectivity index (χ2n) is 4.75. The third-order valence-electron chi connectivity index (χ3n) is 2.94. The molecule has 108 valence electrons. The molecule has 2 aromatic rings. The van der Waals surface area contributed by atoms with E-state index < -0.39 is 0 Å². The summed E-state index contributed by atoms with van der Waals surface area (Å²) >= 11 is 0. The van der Waals surface area contributed by atoms with Crippen molar-refractivity contribution in [2.75, 3.05) is 5.32 Å². The van der Waals surface area contributed by atoms with Crippen LogP contribution in [0.3, 0.4) is 0 Å². The number of anilines is 1. The molecule has 0 spiro atoms. The van der Waals surface area contributed by atoms with Gasteiger partial charge in [0.15, 0.2) is 5.78 Å². The van der Waals surface area contributed by atoms with Crippen LogP contribution in [0, 0.1) is 0 Å². The lowest BCUT2D eigenvalue weighted by Gasteiger charge is -2.08. The molecule has 0 atom stereocenters. The highest BCUT2D eigenvalue weighted by Crippen LogP contribution is 2.17. The largest absolute Gasteiger partial charge is 0.489 e. The molecule has 1 amide bonds. The maximum Gasteiger partial charge on any atom is 0.221 e. The summed E-state index contributed by atoms with van der Waals surface area (Å²) in [6.45, 7) is 3.44. The Kier molecular flexibility index (Phi) is 4.72. The molecule has 4 heteroatoms. The molecule has 0 bridgehead atoms. The number of benzene rings is 2. The Labute approximate surface area is 123 Å². The van der Waals surface area contributed by atoms with Crippen LogP contribution in [0.5, 0.6) is 5.75 Å². The first kappa shape index (κ1) is 14.8. The predicted molar refractivity (Wildman–Crippen MR) is 81.5 cm³/mol. The lowest BCUT2D eigenvalue weighted by molar-refractivity contribution is -0.114. The molecule has 0 aliphatic heterocycles. The van der Waals surface area contributed by atoms with E-state index in [1.165, 1.54) is 6.92 Å². The van der Waals surface area contributed by atoms with Crippen molar-refractivity contribution in [2.24, 2.45) is 0 Å². The molecule has 2 aromatic carbocycles. The van der Waals surface area contributed by atoms with E-state index in [1.54, 1.807) is 43.3 Å². The van der Waals surface area contributed by atoms with Gasteiger partial charge < -0.3 is 10.1 Å². The third kappa shape index (κ3) is 4.45. The van der Waals surface area contributed by atoms with Crippen LogP contribution in [0.4, 0.5) is 5.69 Å². The normalized spacial score (nSPS) is 10.0. The number of ether oxygens (including phenoxy) is 1. The minimum Gasteiger partial charge on any atom is -0.489 e. The van der Waals surface area contributed by atoms with Gasteiger partial charge >= 0.3 is 0 Å². The first-order chi connectivity index (χ1) is 10.0. The molecule has 0 aromatic heterocycles. The molecule has 4 nitrogen and oxygen atoms in total. The van der Waals surface area contributed by atoms with E-state index in [2.05, 4.69) is 5.32 Å². The van der Waals surface area contributed by atoms with Gasteiger partial charge in [0.05, 0.1) is 0 Å². The lowest BCUT2D eigenvalue weighted by Crippen LogP contribution is -2.05. The van der Waals surface area contributed by atoms with Crippen LogP contribution in [0.25, 0.3) is 0 Å². The van der Waals surface area contributed by atoms with Crippen LogP contribution in [0.15, 0.2) is 48.5 Å². The van der Waals surface area contributed by atoms with Gasteiger partial charge in [-0.2, -0.15) is 0 Å². The van der Waals surface area contributed by atoms with Gasteiger partial charge in [-0.3, -0.25) is 9.59 Å². The molecule has 0 fully saturated rings. The Morgan fingerprint density at radius 2 is 1.57 bits per heavy atom. The summed E-state index contributed by atoms with van der Waals surface area (Å²) < 4.78 is 5.65. The summed E-state index contributed by atoms with van der Waals surface area (Å²) in [5.41, 5.74) is 2.42. The molecular formula is C17H17NO3. The first-order valence-corrected chi connectivity index (χ1v) is 6.65. The van der Waals surface area contributed by atoms with Crippen LogP contribution in [0.2, 0.25) is 0 Å². The summed E-state index contributed by atoms with van der Waals surface area (Å²) in [5, 5.41) is 2.70. The Morgan fingerprint density at radius 3 is 2.10 bits per heavy atom. The highest BCUT2D eigenvalue weighted by Gasteiger charge is 2.01. The van der Waals surface area contributed by atoms with E-state index in [1.807, 2.05) is 12.1 Å². The standard InChI is InChI=1S/C17H17NO3/c1-12(19)15-5-3-14(4-6-15)11-21-17-9-7-16(8-10-17)18-13(2)20/h3-10H,11H2,1-2H3,(H,18,20). The molecule has 0 saturated heterocycles. The van der Waals surface area contributed by atoms with Crippen LogP contribution in [-0.2, 0) is 11.4 Å². The number of ketones is 1. The molecular weight excluding hydrogens is 266 g/mol. The monoisotopic (exact) mass is 283 g/mol. The molecule has 0 unspecified atom stereocenters. The van der Waals surface area contributed by atoms with Crippen molar-refractivity contribution in [3.05, 3.63) is 59.7 Å². The Bertz CT molecular complexity index is 630. The Balaban J connectivity index is 1.93. The SMILES string of the molecule is CC(=O)Nc1ccc(OCc2ccc(C(C)=O)cc2)cc1. The zero-order valence-electron chi connectivity index (χ0n) is 12.1. The van der Waals surface area contributed by atoms with Crippen molar-refractivity contribution < 1.29 is 14.3 Å². The second-order valence-corrected chi connectivity index (χ2v) is 4.75. The minimum absolute atomic E-state index is 0.0519. The summed E-state index contributed by atoms with van der Waals surface area (Å²) in [4.78, 5) is 22.1. The van der Waals surface area contributed by atoms with E-state index in [-0.39, 0.29) is 11.7 Å². The van der Waals surface area contributed by atoms with Gasteiger partial charge in [-0.25, -0.2) is 0 Å². The first-order valence-electron chi connectivity index (χ1n) is 6.65. The molecule has 0 aliphatic rings.